The summed E-state index contributed by atoms with van der Waals surface area (Å²) in [6, 6.07) is 18.0. The van der Waals surface area contributed by atoms with Crippen LogP contribution in [0.25, 0.3) is 0 Å². The molecule has 1 saturated heterocycles. The third-order valence-electron chi connectivity index (χ3n) is 6.84. The van der Waals surface area contributed by atoms with Gasteiger partial charge in [0.25, 0.3) is 5.91 Å². The van der Waals surface area contributed by atoms with E-state index in [0.717, 1.165) is 42.2 Å². The normalized spacial score (nSPS) is 16.6. The van der Waals surface area contributed by atoms with Gasteiger partial charge in [0, 0.05) is 27.1 Å². The first-order valence-corrected chi connectivity index (χ1v) is 14.6. The molecule has 0 aliphatic carbocycles. The number of rotatable bonds is 19. The van der Waals surface area contributed by atoms with Crippen molar-refractivity contribution < 1.29 is 52.8 Å². The highest BCUT2D eigenvalue weighted by Gasteiger charge is 2.46. The van der Waals surface area contributed by atoms with E-state index in [0.29, 0.717) is 19.4 Å². The number of aliphatic hydroxyl groups is 1. The number of ketones is 2. The second-order valence-electron chi connectivity index (χ2n) is 10.3. The number of hydrogen-bond acceptors (Lipinski definition) is 11. The monoisotopic (exact) mass is 625 g/mol. The summed E-state index contributed by atoms with van der Waals surface area (Å²) in [5.41, 5.74) is 1.82. The average Bonchev–Trinajstić information content (AvgIpc) is 3.40. The second kappa shape index (κ2) is 18.5. The molecular formula is C33H39NO11. The van der Waals surface area contributed by atoms with Crippen molar-refractivity contribution in [1.82, 2.24) is 4.90 Å². The van der Waals surface area contributed by atoms with Gasteiger partial charge in [0.2, 0.25) is 0 Å². The number of methoxy groups -OCH3 is 1. The van der Waals surface area contributed by atoms with Crippen LogP contribution in [-0.4, -0.2) is 97.4 Å². The molecule has 1 heterocycles. The second-order valence-corrected chi connectivity index (χ2v) is 10.3. The highest BCUT2D eigenvalue weighted by molar-refractivity contribution is 6.05. The van der Waals surface area contributed by atoms with E-state index in [1.54, 1.807) is 0 Å². The minimum absolute atomic E-state index is 0.0457. The Morgan fingerprint density at radius 1 is 1.00 bits per heavy atom. The van der Waals surface area contributed by atoms with Gasteiger partial charge in [-0.3, -0.25) is 19.2 Å². The van der Waals surface area contributed by atoms with Gasteiger partial charge in [-0.25, -0.2) is 9.69 Å². The molecule has 0 unspecified atom stereocenters. The predicted octanol–water partition coefficient (Wildman–Crippen LogP) is 2.59. The third kappa shape index (κ3) is 11.3. The number of ether oxygens (including phenoxy) is 5. The Morgan fingerprint density at radius 3 is 2.29 bits per heavy atom. The predicted molar refractivity (Wildman–Crippen MR) is 160 cm³/mol. The van der Waals surface area contributed by atoms with Crippen molar-refractivity contribution in [2.24, 2.45) is 0 Å². The van der Waals surface area contributed by atoms with Crippen LogP contribution in [0.15, 0.2) is 72.8 Å². The Balaban J connectivity index is 1.52. The molecule has 1 aliphatic heterocycles. The zero-order valence-corrected chi connectivity index (χ0v) is 25.4. The molecular weight excluding hydrogens is 586 g/mol. The van der Waals surface area contributed by atoms with E-state index in [4.69, 9.17) is 23.7 Å². The first-order chi connectivity index (χ1) is 21.7. The molecule has 0 aromatic heterocycles. The van der Waals surface area contributed by atoms with Crippen LogP contribution in [0.5, 0.6) is 0 Å². The maximum Gasteiger partial charge on any atom is 0.417 e. The summed E-state index contributed by atoms with van der Waals surface area (Å²) in [5, 5.41) is 9.52. The van der Waals surface area contributed by atoms with Gasteiger partial charge in [-0.05, 0) is 36.1 Å². The molecule has 12 nitrogen and oxygen atoms in total. The maximum absolute atomic E-state index is 13.5. The maximum atomic E-state index is 13.5. The van der Waals surface area contributed by atoms with Crippen molar-refractivity contribution in [3.63, 3.8) is 0 Å². The van der Waals surface area contributed by atoms with Gasteiger partial charge in [-0.15, -0.1) is 0 Å². The Labute approximate surface area is 261 Å². The molecule has 2 aromatic carbocycles. The molecule has 2 aromatic rings. The number of benzene rings is 2. The molecule has 242 valence electrons. The van der Waals surface area contributed by atoms with Gasteiger partial charge in [0.15, 0.2) is 23.8 Å². The number of allylic oxidation sites excluding steroid dienone is 1. The average molecular weight is 626 g/mol. The van der Waals surface area contributed by atoms with E-state index in [1.165, 1.54) is 0 Å². The van der Waals surface area contributed by atoms with E-state index in [9.17, 15) is 29.1 Å². The molecule has 0 radical (unpaired) electrons. The number of amides is 2. The zero-order valence-electron chi connectivity index (χ0n) is 25.4. The van der Waals surface area contributed by atoms with Crippen LogP contribution in [0, 0.1) is 0 Å². The number of hydrogen-bond donors (Lipinski definition) is 1. The van der Waals surface area contributed by atoms with Crippen molar-refractivity contribution in [3.8, 4) is 0 Å². The van der Waals surface area contributed by atoms with Crippen molar-refractivity contribution >= 4 is 29.5 Å². The summed E-state index contributed by atoms with van der Waals surface area (Å²) < 4.78 is 26.7. The number of cyclic esters (lactones) is 1. The van der Waals surface area contributed by atoms with Crippen LogP contribution in [0.2, 0.25) is 0 Å². The van der Waals surface area contributed by atoms with Crippen LogP contribution in [0.3, 0.4) is 0 Å². The molecule has 1 fully saturated rings. The van der Waals surface area contributed by atoms with Gasteiger partial charge in [0.1, 0.15) is 12.7 Å². The highest BCUT2D eigenvalue weighted by atomic mass is 16.6. The number of imide groups is 1. The Morgan fingerprint density at radius 2 is 1.67 bits per heavy atom. The van der Waals surface area contributed by atoms with Crippen LogP contribution < -0.4 is 0 Å². The van der Waals surface area contributed by atoms with E-state index in [-0.39, 0.29) is 32.8 Å². The summed E-state index contributed by atoms with van der Waals surface area (Å²) >= 11 is 0. The largest absolute Gasteiger partial charge is 0.451 e. The number of carbonyl (C=O) groups is 5. The molecule has 1 N–H and O–H groups in total. The van der Waals surface area contributed by atoms with Crippen molar-refractivity contribution in [2.75, 3.05) is 33.5 Å². The number of aliphatic hydroxyl groups excluding tert-OH is 1. The van der Waals surface area contributed by atoms with Gasteiger partial charge >= 0.3 is 12.1 Å². The molecule has 45 heavy (non-hydrogen) atoms. The minimum Gasteiger partial charge on any atom is -0.451 e. The number of nitrogens with zero attached hydrogens (tertiary/aromatic N) is 1. The van der Waals surface area contributed by atoms with E-state index < -0.39 is 53.9 Å². The van der Waals surface area contributed by atoms with Gasteiger partial charge in [-0.2, -0.15) is 0 Å². The molecule has 0 saturated carbocycles. The lowest BCUT2D eigenvalue weighted by Gasteiger charge is -2.27. The fraction of sp³-hybridized carbons (Fsp3) is 0.424. The molecule has 3 rings (SSSR count). The molecule has 12 heteroatoms. The lowest BCUT2D eigenvalue weighted by atomic mass is 10.0. The topological polar surface area (TPSA) is 155 Å². The fourth-order valence-electron chi connectivity index (χ4n) is 4.56. The van der Waals surface area contributed by atoms with E-state index in [1.807, 2.05) is 60.7 Å². The molecule has 0 bridgehead atoms. The fourth-order valence-corrected chi connectivity index (χ4v) is 4.56. The van der Waals surface area contributed by atoms with Crippen LogP contribution in [0.4, 0.5) is 4.79 Å². The van der Waals surface area contributed by atoms with Gasteiger partial charge < -0.3 is 28.8 Å². The first-order valence-electron chi connectivity index (χ1n) is 14.6. The number of carbonyl (C=O) groups excluding carboxylic acids is 5. The SMILES string of the molecule is CO[C@H](C(=O)N1C(=O)OC[C@@H]1Cc1ccccc1)[C@H](OC(C)=O)C(=O)C=CC(=O)CCCOC[C@@H](CO)OCc1ccccc1. The van der Waals surface area contributed by atoms with Crippen molar-refractivity contribution in [1.29, 1.82) is 0 Å². The molecule has 0 spiro atoms. The minimum atomic E-state index is -1.75. The Hall–Kier alpha value is -4.23. The summed E-state index contributed by atoms with van der Waals surface area (Å²) in [5.74, 6) is -3.05. The number of esters is 1. The quantitative estimate of drug-likeness (QED) is 0.139. The smallest absolute Gasteiger partial charge is 0.417 e. The van der Waals surface area contributed by atoms with Gasteiger partial charge in [0.05, 0.1) is 25.9 Å². The lowest BCUT2D eigenvalue weighted by Crippen LogP contribution is -2.53. The summed E-state index contributed by atoms with van der Waals surface area (Å²) in [6.45, 7) is 1.46. The summed E-state index contributed by atoms with van der Waals surface area (Å²) in [7, 11) is 1.14. The van der Waals surface area contributed by atoms with Crippen LogP contribution in [0.1, 0.15) is 30.9 Å². The first kappa shape index (κ1) is 35.3. The van der Waals surface area contributed by atoms with Crippen LogP contribution >= 0.6 is 0 Å². The third-order valence-corrected chi connectivity index (χ3v) is 6.84. The summed E-state index contributed by atoms with van der Waals surface area (Å²) in [6.07, 6.45) is -2.21. The Bertz CT molecular complexity index is 1300. The molecule has 4 atom stereocenters. The Kier molecular flexibility index (Phi) is 14.5. The molecule has 1 aliphatic rings. The van der Waals surface area contributed by atoms with E-state index in [2.05, 4.69) is 0 Å². The van der Waals surface area contributed by atoms with Crippen LogP contribution in [-0.2, 0) is 55.9 Å². The van der Waals surface area contributed by atoms with E-state index >= 15 is 0 Å². The van der Waals surface area contributed by atoms with Crippen molar-refractivity contribution in [2.45, 2.75) is 57.1 Å². The van der Waals surface area contributed by atoms with Gasteiger partial charge in [-0.1, -0.05) is 60.7 Å². The highest BCUT2D eigenvalue weighted by Crippen LogP contribution is 2.21. The molecule has 2 amide bonds. The van der Waals surface area contributed by atoms with Crippen molar-refractivity contribution in [3.05, 3.63) is 83.9 Å². The standard InChI is InChI=1S/C33H39NO11/c1-23(36)45-30(31(41-2)32(39)34-26(21-44-33(34)40)18-24-10-5-3-6-11-24)29(38)16-15-27(37)14-9-17-42-22-28(19-35)43-20-25-12-7-4-8-13-25/h3-8,10-13,15-16,26,28,30-31,35H,9,14,17-22H2,1-2H3/t26-,28+,30+,31-/m0/s1. The zero-order chi connectivity index (χ0) is 32.6. The lowest BCUT2D eigenvalue weighted by molar-refractivity contribution is -0.166. The summed E-state index contributed by atoms with van der Waals surface area (Å²) in [4.78, 5) is 64.2.